The van der Waals surface area contributed by atoms with Crippen LogP contribution < -0.4 is 0 Å². The van der Waals surface area contributed by atoms with Crippen LogP contribution in [0.5, 0.6) is 0 Å². The molecule has 1 aliphatic carbocycles. The van der Waals surface area contributed by atoms with Gasteiger partial charge in [0.2, 0.25) is 0 Å². The minimum atomic E-state index is -3.17. The Labute approximate surface area is 142 Å². The van der Waals surface area contributed by atoms with Crippen LogP contribution in [0.25, 0.3) is 0 Å². The number of esters is 1. The molecule has 0 bridgehead atoms. The fraction of sp³-hybridized carbons (Fsp3) is 0.222. The molecule has 0 N–H and O–H groups in total. The van der Waals surface area contributed by atoms with Crippen LogP contribution in [0, 0.1) is 5.41 Å². The molecular weight excluding hydrogens is 338 g/mol. The summed E-state index contributed by atoms with van der Waals surface area (Å²) in [6, 6.07) is 13.0. The molecule has 124 valence electrons. The van der Waals surface area contributed by atoms with Crippen molar-refractivity contribution in [1.29, 1.82) is 0 Å². The number of Topliss-reactive ketones (excluding diaryl/α,β-unsaturated/α-hetero) is 1. The van der Waals surface area contributed by atoms with Crippen molar-refractivity contribution in [3.63, 3.8) is 0 Å². The van der Waals surface area contributed by atoms with Crippen LogP contribution in [-0.4, -0.2) is 18.2 Å². The van der Waals surface area contributed by atoms with Crippen molar-refractivity contribution in [1.82, 2.24) is 0 Å². The summed E-state index contributed by atoms with van der Waals surface area (Å²) in [6.07, 6.45) is -3.55. The highest BCUT2D eigenvalue weighted by molar-refractivity contribution is 6.31. The summed E-state index contributed by atoms with van der Waals surface area (Å²) < 4.78 is 32.5. The number of alkyl halides is 2. The van der Waals surface area contributed by atoms with Crippen LogP contribution in [0.3, 0.4) is 0 Å². The van der Waals surface area contributed by atoms with E-state index < -0.39 is 23.6 Å². The fourth-order valence-corrected chi connectivity index (χ4v) is 2.99. The number of carbonyl (C=O) groups excluding carboxylic acids is 2. The topological polar surface area (TPSA) is 43.4 Å². The maximum absolute atomic E-state index is 13.7. The summed E-state index contributed by atoms with van der Waals surface area (Å²) in [5.74, 6) is -2.15. The number of ketones is 1. The van der Waals surface area contributed by atoms with Crippen molar-refractivity contribution in [3.05, 3.63) is 70.2 Å². The number of hydrogen-bond donors (Lipinski definition) is 0. The van der Waals surface area contributed by atoms with Crippen LogP contribution >= 0.6 is 11.6 Å². The van der Waals surface area contributed by atoms with Gasteiger partial charge in [-0.1, -0.05) is 48.0 Å². The van der Waals surface area contributed by atoms with Gasteiger partial charge >= 0.3 is 5.97 Å². The average molecular weight is 351 g/mol. The Kier molecular flexibility index (Phi) is 4.37. The van der Waals surface area contributed by atoms with Gasteiger partial charge in [0, 0.05) is 17.0 Å². The molecule has 0 spiro atoms. The third kappa shape index (κ3) is 2.69. The van der Waals surface area contributed by atoms with Crippen molar-refractivity contribution >= 4 is 23.4 Å². The molecule has 2 aromatic carbocycles. The maximum atomic E-state index is 13.7. The molecule has 0 aromatic heterocycles. The Morgan fingerprint density at radius 1 is 1.21 bits per heavy atom. The van der Waals surface area contributed by atoms with Gasteiger partial charge in [0.25, 0.3) is 6.43 Å². The zero-order chi connectivity index (χ0) is 17.3. The van der Waals surface area contributed by atoms with E-state index in [-0.39, 0.29) is 23.6 Å². The smallest absolute Gasteiger partial charge is 0.326 e. The molecule has 6 heteroatoms. The molecule has 2 aromatic rings. The molecule has 0 aliphatic heterocycles. The monoisotopic (exact) mass is 350 g/mol. The first kappa shape index (κ1) is 16.6. The molecule has 1 atom stereocenters. The van der Waals surface area contributed by atoms with E-state index in [1.807, 2.05) is 0 Å². The molecule has 0 saturated heterocycles. The Hall–Kier alpha value is -2.27. The number of ether oxygens (including phenoxy) is 1. The molecule has 24 heavy (non-hydrogen) atoms. The van der Waals surface area contributed by atoms with Crippen molar-refractivity contribution in [2.45, 2.75) is 19.5 Å². The third-order valence-corrected chi connectivity index (χ3v) is 4.38. The number of fused-ring (bicyclic) bond motifs is 1. The second kappa shape index (κ2) is 6.32. The molecule has 1 unspecified atom stereocenters. The van der Waals surface area contributed by atoms with E-state index in [2.05, 4.69) is 0 Å². The molecule has 0 radical (unpaired) electrons. The predicted octanol–water partition coefficient (Wildman–Crippen LogP) is 4.07. The van der Waals surface area contributed by atoms with E-state index in [1.165, 1.54) is 18.2 Å². The lowest BCUT2D eigenvalue weighted by atomic mass is 9.84. The summed E-state index contributed by atoms with van der Waals surface area (Å²) in [5, 5.41) is 0.254. The lowest BCUT2D eigenvalue weighted by Crippen LogP contribution is -2.45. The third-order valence-electron chi connectivity index (χ3n) is 4.14. The molecule has 3 nitrogen and oxygen atoms in total. The number of hydrogen-bond acceptors (Lipinski definition) is 3. The molecule has 3 rings (SSSR count). The normalized spacial score (nSPS) is 19.4. The largest absolute Gasteiger partial charge is 0.460 e. The van der Waals surface area contributed by atoms with E-state index in [1.54, 1.807) is 30.3 Å². The molecule has 1 aliphatic rings. The number of rotatable bonds is 4. The van der Waals surface area contributed by atoms with Crippen molar-refractivity contribution < 1.29 is 23.1 Å². The summed E-state index contributed by atoms with van der Waals surface area (Å²) in [6.45, 7) is -0.168. The highest BCUT2D eigenvalue weighted by Gasteiger charge is 2.59. The van der Waals surface area contributed by atoms with Gasteiger partial charge in [-0.15, -0.1) is 0 Å². The first-order chi connectivity index (χ1) is 11.4. The minimum absolute atomic E-state index is 0.0551. The second-order valence-electron chi connectivity index (χ2n) is 5.64. The maximum Gasteiger partial charge on any atom is 0.326 e. The fourth-order valence-electron chi connectivity index (χ4n) is 2.82. The average Bonchev–Trinajstić information content (AvgIpc) is 2.87. The van der Waals surface area contributed by atoms with Gasteiger partial charge in [-0.25, -0.2) is 8.78 Å². The van der Waals surface area contributed by atoms with Crippen LogP contribution in [-0.2, 0) is 22.6 Å². The van der Waals surface area contributed by atoms with E-state index in [0.29, 0.717) is 11.1 Å². The Morgan fingerprint density at radius 2 is 1.92 bits per heavy atom. The Balaban J connectivity index is 1.87. The first-order valence-electron chi connectivity index (χ1n) is 7.27. The lowest BCUT2D eigenvalue weighted by Gasteiger charge is -2.24. The Bertz CT molecular complexity index is 792. The number of carbonyl (C=O) groups is 2. The number of benzene rings is 2. The van der Waals surface area contributed by atoms with Gasteiger partial charge in [-0.05, 0) is 23.3 Å². The molecule has 0 heterocycles. The SMILES string of the molecule is O=C(OCc1ccccc1)C1(C(F)F)Cc2ccc(Cl)cc2C1=O. The molecule has 0 fully saturated rings. The van der Waals surface area contributed by atoms with E-state index in [0.717, 1.165) is 0 Å². The van der Waals surface area contributed by atoms with Crippen LogP contribution in [0.15, 0.2) is 48.5 Å². The van der Waals surface area contributed by atoms with Crippen molar-refractivity contribution in [3.8, 4) is 0 Å². The molecular formula is C18H13ClF2O3. The van der Waals surface area contributed by atoms with Gasteiger partial charge in [0.05, 0.1) is 0 Å². The van der Waals surface area contributed by atoms with E-state index in [9.17, 15) is 18.4 Å². The van der Waals surface area contributed by atoms with Gasteiger partial charge in [-0.2, -0.15) is 0 Å². The van der Waals surface area contributed by atoms with Crippen LogP contribution in [0.2, 0.25) is 5.02 Å². The minimum Gasteiger partial charge on any atom is -0.460 e. The van der Waals surface area contributed by atoms with Crippen LogP contribution in [0.1, 0.15) is 21.5 Å². The summed E-state index contributed by atoms with van der Waals surface area (Å²) in [4.78, 5) is 24.9. The predicted molar refractivity (Wildman–Crippen MR) is 84.2 cm³/mol. The van der Waals surface area contributed by atoms with Gasteiger partial charge in [-0.3, -0.25) is 9.59 Å². The highest BCUT2D eigenvalue weighted by Crippen LogP contribution is 2.43. The second-order valence-corrected chi connectivity index (χ2v) is 6.08. The first-order valence-corrected chi connectivity index (χ1v) is 7.65. The summed E-state index contributed by atoms with van der Waals surface area (Å²) in [5.41, 5.74) is -1.41. The molecule has 0 saturated carbocycles. The van der Waals surface area contributed by atoms with Gasteiger partial charge < -0.3 is 4.74 Å². The Morgan fingerprint density at radius 3 is 2.58 bits per heavy atom. The highest BCUT2D eigenvalue weighted by atomic mass is 35.5. The standard InChI is InChI=1S/C18H13ClF2O3/c19-13-7-6-12-9-18(16(20)21,15(22)14(12)8-13)17(23)24-10-11-4-2-1-3-5-11/h1-8,16H,9-10H2. The van der Waals surface area contributed by atoms with Gasteiger partial charge in [0.1, 0.15) is 6.61 Å². The van der Waals surface area contributed by atoms with E-state index in [4.69, 9.17) is 16.3 Å². The quantitative estimate of drug-likeness (QED) is 0.616. The summed E-state index contributed by atoms with van der Waals surface area (Å²) in [7, 11) is 0. The van der Waals surface area contributed by atoms with Gasteiger partial charge in [0.15, 0.2) is 11.2 Å². The zero-order valence-corrected chi connectivity index (χ0v) is 13.2. The van der Waals surface area contributed by atoms with Crippen molar-refractivity contribution in [2.24, 2.45) is 5.41 Å². The van der Waals surface area contributed by atoms with Crippen molar-refractivity contribution in [2.75, 3.05) is 0 Å². The molecule has 0 amide bonds. The van der Waals surface area contributed by atoms with Crippen LogP contribution in [0.4, 0.5) is 8.78 Å². The number of halogens is 3. The zero-order valence-electron chi connectivity index (χ0n) is 12.5. The lowest BCUT2D eigenvalue weighted by molar-refractivity contribution is -0.161. The summed E-state index contributed by atoms with van der Waals surface area (Å²) >= 11 is 5.83. The van der Waals surface area contributed by atoms with E-state index >= 15 is 0 Å².